The summed E-state index contributed by atoms with van der Waals surface area (Å²) < 4.78 is 13.7. The molecule has 1 N–H and O–H groups in total. The van der Waals surface area contributed by atoms with Crippen molar-refractivity contribution in [2.24, 2.45) is 0 Å². The van der Waals surface area contributed by atoms with E-state index in [1.807, 2.05) is 13.0 Å². The van der Waals surface area contributed by atoms with Crippen LogP contribution in [0.4, 0.5) is 4.39 Å². The topological polar surface area (TPSA) is 12.0 Å². The van der Waals surface area contributed by atoms with Gasteiger partial charge in [0.2, 0.25) is 0 Å². The van der Waals surface area contributed by atoms with E-state index in [0.29, 0.717) is 0 Å². The van der Waals surface area contributed by atoms with Gasteiger partial charge in [-0.25, -0.2) is 4.39 Å². The van der Waals surface area contributed by atoms with Crippen molar-refractivity contribution in [3.05, 3.63) is 58.9 Å². The van der Waals surface area contributed by atoms with Crippen LogP contribution in [-0.2, 0) is 6.54 Å². The predicted octanol–water partition coefficient (Wildman–Crippen LogP) is 4.36. The fourth-order valence-electron chi connectivity index (χ4n) is 2.59. The van der Waals surface area contributed by atoms with Crippen molar-refractivity contribution in [2.75, 3.05) is 0 Å². The Morgan fingerprint density at radius 1 is 1.10 bits per heavy atom. The van der Waals surface area contributed by atoms with Gasteiger partial charge in [-0.05, 0) is 60.6 Å². The lowest BCUT2D eigenvalue weighted by Gasteiger charge is -2.12. The van der Waals surface area contributed by atoms with Gasteiger partial charge in [-0.3, -0.25) is 0 Å². The third kappa shape index (κ3) is 2.75. The molecule has 1 aliphatic carbocycles. The molecule has 1 fully saturated rings. The first kappa shape index (κ1) is 13.3. The van der Waals surface area contributed by atoms with Crippen molar-refractivity contribution in [2.45, 2.75) is 39.3 Å². The summed E-state index contributed by atoms with van der Waals surface area (Å²) in [6.07, 6.45) is 2.61. The van der Waals surface area contributed by atoms with Crippen molar-refractivity contribution >= 4 is 0 Å². The minimum Gasteiger partial charge on any atom is -0.310 e. The van der Waals surface area contributed by atoms with Crippen molar-refractivity contribution < 1.29 is 4.39 Å². The fraction of sp³-hybridized carbons (Fsp3) is 0.333. The van der Waals surface area contributed by atoms with Crippen LogP contribution in [0, 0.1) is 19.7 Å². The molecule has 2 heteroatoms. The van der Waals surface area contributed by atoms with Crippen LogP contribution in [0.1, 0.15) is 29.5 Å². The summed E-state index contributed by atoms with van der Waals surface area (Å²) in [7, 11) is 0. The van der Waals surface area contributed by atoms with Crippen LogP contribution < -0.4 is 5.32 Å². The third-order valence-electron chi connectivity index (χ3n) is 4.02. The third-order valence-corrected chi connectivity index (χ3v) is 4.02. The van der Waals surface area contributed by atoms with E-state index in [4.69, 9.17) is 0 Å². The summed E-state index contributed by atoms with van der Waals surface area (Å²) in [6.45, 7) is 4.86. The highest BCUT2D eigenvalue weighted by Crippen LogP contribution is 2.29. The molecule has 104 valence electrons. The van der Waals surface area contributed by atoms with Gasteiger partial charge >= 0.3 is 0 Å². The molecule has 2 aromatic carbocycles. The minimum absolute atomic E-state index is 0.138. The van der Waals surface area contributed by atoms with Gasteiger partial charge in [-0.15, -0.1) is 0 Å². The molecule has 1 aliphatic rings. The molecule has 3 rings (SSSR count). The average Bonchev–Trinajstić information content (AvgIpc) is 3.24. The average molecular weight is 269 g/mol. The van der Waals surface area contributed by atoms with Crippen molar-refractivity contribution in [3.63, 3.8) is 0 Å². The highest BCUT2D eigenvalue weighted by atomic mass is 19.1. The van der Waals surface area contributed by atoms with E-state index in [0.717, 1.165) is 29.3 Å². The quantitative estimate of drug-likeness (QED) is 0.869. The van der Waals surface area contributed by atoms with Gasteiger partial charge in [-0.2, -0.15) is 0 Å². The standard InChI is InChI=1S/C18H20FN/c1-12-10-14(11-20-15-7-8-15)6-9-16(12)17-4-3-5-18(19)13(17)2/h3-6,9-10,15,20H,7-8,11H2,1-2H3. The maximum absolute atomic E-state index is 13.7. The molecule has 0 spiro atoms. The molecule has 1 nitrogen and oxygen atoms in total. The Morgan fingerprint density at radius 3 is 2.60 bits per heavy atom. The lowest BCUT2D eigenvalue weighted by molar-refractivity contribution is 0.619. The SMILES string of the molecule is Cc1cc(CNC2CC2)ccc1-c1cccc(F)c1C. The van der Waals surface area contributed by atoms with Gasteiger partial charge in [0.05, 0.1) is 0 Å². The molecule has 0 bridgehead atoms. The number of hydrogen-bond donors (Lipinski definition) is 1. The van der Waals surface area contributed by atoms with Gasteiger partial charge in [0.1, 0.15) is 5.82 Å². The maximum atomic E-state index is 13.7. The number of rotatable bonds is 4. The van der Waals surface area contributed by atoms with E-state index in [1.165, 1.54) is 30.0 Å². The molecule has 0 aliphatic heterocycles. The Hall–Kier alpha value is -1.67. The van der Waals surface area contributed by atoms with E-state index in [2.05, 4.69) is 30.4 Å². The molecule has 0 heterocycles. The smallest absolute Gasteiger partial charge is 0.126 e. The predicted molar refractivity (Wildman–Crippen MR) is 81.2 cm³/mol. The zero-order valence-corrected chi connectivity index (χ0v) is 12.0. The Balaban J connectivity index is 1.87. The second-order valence-corrected chi connectivity index (χ2v) is 5.72. The zero-order valence-electron chi connectivity index (χ0n) is 12.0. The zero-order chi connectivity index (χ0) is 14.1. The molecule has 0 amide bonds. The van der Waals surface area contributed by atoms with Gasteiger partial charge in [-0.1, -0.05) is 30.3 Å². The Kier molecular flexibility index (Phi) is 3.58. The van der Waals surface area contributed by atoms with Crippen LogP contribution in [0.3, 0.4) is 0 Å². The molecular weight excluding hydrogens is 249 g/mol. The molecule has 2 aromatic rings. The van der Waals surface area contributed by atoms with Crippen molar-refractivity contribution in [1.29, 1.82) is 0 Å². The summed E-state index contributed by atoms with van der Waals surface area (Å²) in [5.41, 5.74) is 5.34. The summed E-state index contributed by atoms with van der Waals surface area (Å²) in [4.78, 5) is 0. The van der Waals surface area contributed by atoms with Gasteiger partial charge in [0.25, 0.3) is 0 Å². The van der Waals surface area contributed by atoms with Gasteiger partial charge < -0.3 is 5.32 Å². The minimum atomic E-state index is -0.138. The molecule has 0 radical (unpaired) electrons. The lowest BCUT2D eigenvalue weighted by atomic mass is 9.95. The molecule has 0 atom stereocenters. The van der Waals surface area contributed by atoms with Crippen LogP contribution >= 0.6 is 0 Å². The largest absolute Gasteiger partial charge is 0.310 e. The van der Waals surface area contributed by atoms with E-state index >= 15 is 0 Å². The second kappa shape index (κ2) is 5.37. The van der Waals surface area contributed by atoms with Crippen LogP contribution in [0.5, 0.6) is 0 Å². The van der Waals surface area contributed by atoms with Crippen LogP contribution in [0.25, 0.3) is 11.1 Å². The molecule has 0 aromatic heterocycles. The highest BCUT2D eigenvalue weighted by molar-refractivity contribution is 5.70. The second-order valence-electron chi connectivity index (χ2n) is 5.72. The molecular formula is C18H20FN. The Morgan fingerprint density at radius 2 is 1.90 bits per heavy atom. The molecule has 0 unspecified atom stereocenters. The van der Waals surface area contributed by atoms with Crippen molar-refractivity contribution in [3.8, 4) is 11.1 Å². The number of benzene rings is 2. The first-order valence-corrected chi connectivity index (χ1v) is 7.23. The fourth-order valence-corrected chi connectivity index (χ4v) is 2.59. The molecule has 20 heavy (non-hydrogen) atoms. The molecule has 0 saturated heterocycles. The lowest BCUT2D eigenvalue weighted by Crippen LogP contribution is -2.15. The van der Waals surface area contributed by atoms with Gasteiger partial charge in [0.15, 0.2) is 0 Å². The van der Waals surface area contributed by atoms with E-state index in [1.54, 1.807) is 6.07 Å². The monoisotopic (exact) mass is 269 g/mol. The first-order chi connectivity index (χ1) is 9.65. The number of aryl methyl sites for hydroxylation is 1. The maximum Gasteiger partial charge on any atom is 0.126 e. The summed E-state index contributed by atoms with van der Waals surface area (Å²) in [5, 5.41) is 3.52. The van der Waals surface area contributed by atoms with Crippen LogP contribution in [-0.4, -0.2) is 6.04 Å². The number of halogens is 1. The highest BCUT2D eigenvalue weighted by Gasteiger charge is 2.20. The summed E-state index contributed by atoms with van der Waals surface area (Å²) >= 11 is 0. The van der Waals surface area contributed by atoms with Crippen molar-refractivity contribution in [1.82, 2.24) is 5.32 Å². The first-order valence-electron chi connectivity index (χ1n) is 7.23. The van der Waals surface area contributed by atoms with Crippen LogP contribution in [0.2, 0.25) is 0 Å². The summed E-state index contributed by atoms with van der Waals surface area (Å²) in [6, 6.07) is 12.5. The number of nitrogens with one attached hydrogen (secondary N) is 1. The van der Waals surface area contributed by atoms with E-state index < -0.39 is 0 Å². The Bertz CT molecular complexity index is 629. The summed E-state index contributed by atoms with van der Waals surface area (Å²) in [5.74, 6) is -0.138. The van der Waals surface area contributed by atoms with Gasteiger partial charge in [0, 0.05) is 12.6 Å². The number of hydrogen-bond acceptors (Lipinski definition) is 1. The van der Waals surface area contributed by atoms with Crippen LogP contribution in [0.15, 0.2) is 36.4 Å². The Labute approximate surface area is 119 Å². The molecule has 1 saturated carbocycles. The van der Waals surface area contributed by atoms with E-state index in [9.17, 15) is 4.39 Å². The normalized spacial score (nSPS) is 14.6. The van der Waals surface area contributed by atoms with E-state index in [-0.39, 0.29) is 5.82 Å².